The third kappa shape index (κ3) is 25.8. The zero-order valence-corrected chi connectivity index (χ0v) is 18.0. The molecule has 0 fully saturated rings. The highest BCUT2D eigenvalue weighted by atomic mass is 32.3. The first-order valence-electron chi connectivity index (χ1n) is 10.3. The summed E-state index contributed by atoms with van der Waals surface area (Å²) in [6, 6.07) is 0. The molecule has 0 saturated carbocycles. The molecule has 0 aliphatic heterocycles. The van der Waals surface area contributed by atoms with E-state index < -0.39 is 10.4 Å². The molecule has 158 valence electrons. The van der Waals surface area contributed by atoms with E-state index in [2.05, 4.69) is 23.3 Å². The van der Waals surface area contributed by atoms with Gasteiger partial charge < -0.3 is 10.7 Å². The van der Waals surface area contributed by atoms with E-state index in [1.165, 1.54) is 83.5 Å². The summed E-state index contributed by atoms with van der Waals surface area (Å²) in [5.74, 6) is 0. The van der Waals surface area contributed by atoms with E-state index in [1.807, 2.05) is 0 Å². The predicted octanol–water partition coefficient (Wildman–Crippen LogP) is 6.66. The second-order valence-electron chi connectivity index (χ2n) is 6.88. The van der Waals surface area contributed by atoms with Crippen LogP contribution in [0, 0.1) is 0 Å². The first-order valence-corrected chi connectivity index (χ1v) is 11.6. The van der Waals surface area contributed by atoms with Gasteiger partial charge in [0.25, 0.3) is 0 Å². The van der Waals surface area contributed by atoms with Crippen molar-refractivity contribution in [1.82, 2.24) is 6.15 Å². The smallest absolute Gasteiger partial charge is 0.217 e. The monoisotopic (exact) mass is 393 g/mol. The lowest BCUT2D eigenvalue weighted by Gasteiger charge is -2.06. The highest BCUT2D eigenvalue weighted by molar-refractivity contribution is 7.80. The van der Waals surface area contributed by atoms with Gasteiger partial charge >= 0.3 is 0 Å². The molecule has 0 unspecified atom stereocenters. The third-order valence-corrected chi connectivity index (χ3v) is 4.84. The summed E-state index contributed by atoms with van der Waals surface area (Å²) >= 11 is 0. The number of hydrogen-bond donors (Lipinski definition) is 1. The van der Waals surface area contributed by atoms with Gasteiger partial charge in [-0.25, -0.2) is 8.42 Å². The normalized spacial score (nSPS) is 11.8. The van der Waals surface area contributed by atoms with Gasteiger partial charge in [0.1, 0.15) is 0 Å². The maximum absolute atomic E-state index is 10.2. The molecule has 0 atom stereocenters. The van der Waals surface area contributed by atoms with Crippen molar-refractivity contribution in [1.29, 1.82) is 0 Å². The quantitative estimate of drug-likeness (QED) is 0.115. The number of quaternary nitrogens is 1. The third-order valence-electron chi connectivity index (χ3n) is 4.38. The van der Waals surface area contributed by atoms with Gasteiger partial charge in [0.05, 0.1) is 6.61 Å². The molecular weight excluding hydrogens is 350 g/mol. The van der Waals surface area contributed by atoms with Crippen LogP contribution in [-0.2, 0) is 14.6 Å². The minimum Gasteiger partial charge on any atom is -0.726 e. The van der Waals surface area contributed by atoms with Crippen LogP contribution in [0.3, 0.4) is 0 Å². The second-order valence-corrected chi connectivity index (χ2v) is 7.93. The Hall–Kier alpha value is -0.430. The maximum Gasteiger partial charge on any atom is 0.217 e. The molecule has 4 N–H and O–H groups in total. The Morgan fingerprint density at radius 3 is 1.50 bits per heavy atom. The SMILES string of the molecule is CCCCCCCC/C=C\CCCCCCCCCCOS(=O)(=O)[O-].[NH4+]. The van der Waals surface area contributed by atoms with Crippen molar-refractivity contribution in [3.8, 4) is 0 Å². The first-order chi connectivity index (χ1) is 12.1. The first kappa shape index (κ1) is 27.8. The van der Waals surface area contributed by atoms with Crippen molar-refractivity contribution >= 4 is 10.4 Å². The average molecular weight is 394 g/mol. The largest absolute Gasteiger partial charge is 0.726 e. The van der Waals surface area contributed by atoms with Crippen LogP contribution in [0.5, 0.6) is 0 Å². The van der Waals surface area contributed by atoms with E-state index in [0.29, 0.717) is 6.42 Å². The maximum atomic E-state index is 10.2. The molecule has 0 radical (unpaired) electrons. The Balaban J connectivity index is 0. The highest BCUT2D eigenvalue weighted by Gasteiger charge is 1.95. The minimum atomic E-state index is -4.50. The van der Waals surface area contributed by atoms with Crippen molar-refractivity contribution in [3.63, 3.8) is 0 Å². The van der Waals surface area contributed by atoms with Gasteiger partial charge in [-0.05, 0) is 32.1 Å². The Morgan fingerprint density at radius 2 is 1.08 bits per heavy atom. The summed E-state index contributed by atoms with van der Waals surface area (Å²) in [4.78, 5) is 0. The van der Waals surface area contributed by atoms with E-state index in [9.17, 15) is 13.0 Å². The van der Waals surface area contributed by atoms with E-state index in [-0.39, 0.29) is 12.8 Å². The van der Waals surface area contributed by atoms with Crippen molar-refractivity contribution in [2.24, 2.45) is 0 Å². The van der Waals surface area contributed by atoms with Gasteiger partial charge in [0.15, 0.2) is 0 Å². The predicted molar refractivity (Wildman–Crippen MR) is 110 cm³/mol. The van der Waals surface area contributed by atoms with Crippen LogP contribution in [0.25, 0.3) is 0 Å². The highest BCUT2D eigenvalue weighted by Crippen LogP contribution is 2.11. The van der Waals surface area contributed by atoms with Gasteiger partial charge in [-0.3, -0.25) is 4.18 Å². The molecule has 0 aromatic heterocycles. The molecule has 0 aromatic carbocycles. The van der Waals surface area contributed by atoms with Crippen LogP contribution in [0.4, 0.5) is 0 Å². The summed E-state index contributed by atoms with van der Waals surface area (Å²) in [5.41, 5.74) is 0. The molecule has 5 nitrogen and oxygen atoms in total. The van der Waals surface area contributed by atoms with Crippen LogP contribution in [0.1, 0.15) is 110 Å². The van der Waals surface area contributed by atoms with Gasteiger partial charge in [-0.2, -0.15) is 0 Å². The molecule has 0 bridgehead atoms. The lowest BCUT2D eigenvalue weighted by atomic mass is 10.1. The fraction of sp³-hybridized carbons (Fsp3) is 0.900. The van der Waals surface area contributed by atoms with E-state index in [4.69, 9.17) is 0 Å². The van der Waals surface area contributed by atoms with Crippen molar-refractivity contribution in [2.75, 3.05) is 6.61 Å². The van der Waals surface area contributed by atoms with Crippen molar-refractivity contribution in [3.05, 3.63) is 12.2 Å². The number of allylic oxidation sites excluding steroid dienone is 2. The molecule has 0 amide bonds. The molecule has 0 aliphatic rings. The van der Waals surface area contributed by atoms with Gasteiger partial charge in [0, 0.05) is 0 Å². The fourth-order valence-electron chi connectivity index (χ4n) is 2.86. The molecular formula is C20H43NO4S. The van der Waals surface area contributed by atoms with Crippen LogP contribution in [0.15, 0.2) is 12.2 Å². The molecule has 0 aromatic rings. The lowest BCUT2D eigenvalue weighted by Crippen LogP contribution is -2.05. The Morgan fingerprint density at radius 1 is 0.692 bits per heavy atom. The van der Waals surface area contributed by atoms with Crippen LogP contribution in [0.2, 0.25) is 0 Å². The Bertz CT molecular complexity index is 397. The Kier molecular flexibility index (Phi) is 22.3. The topological polar surface area (TPSA) is 103 Å². The summed E-state index contributed by atoms with van der Waals surface area (Å²) in [7, 11) is -4.50. The molecule has 26 heavy (non-hydrogen) atoms. The molecule has 0 rings (SSSR count). The molecule has 0 spiro atoms. The van der Waals surface area contributed by atoms with Gasteiger partial charge in [0.2, 0.25) is 10.4 Å². The van der Waals surface area contributed by atoms with Gasteiger partial charge in [-0.15, -0.1) is 0 Å². The average Bonchev–Trinajstić information content (AvgIpc) is 2.56. The van der Waals surface area contributed by atoms with Crippen molar-refractivity contribution in [2.45, 2.75) is 110 Å². The van der Waals surface area contributed by atoms with Crippen LogP contribution in [-0.4, -0.2) is 19.6 Å². The van der Waals surface area contributed by atoms with E-state index in [1.54, 1.807) is 0 Å². The molecule has 6 heteroatoms. The summed E-state index contributed by atoms with van der Waals surface area (Å²) < 4.78 is 34.9. The number of unbranched alkanes of at least 4 members (excludes halogenated alkanes) is 14. The minimum absolute atomic E-state index is 0. The fourth-order valence-corrected chi connectivity index (χ4v) is 3.19. The molecule has 0 aliphatic carbocycles. The lowest BCUT2D eigenvalue weighted by molar-refractivity contribution is 0.255. The summed E-state index contributed by atoms with van der Waals surface area (Å²) in [6.07, 6.45) is 24.3. The van der Waals surface area contributed by atoms with Gasteiger partial charge in [-0.1, -0.05) is 89.7 Å². The molecule has 0 heterocycles. The van der Waals surface area contributed by atoms with Crippen molar-refractivity contribution < 1.29 is 17.2 Å². The standard InChI is InChI=1S/C20H40O4S.H3N/c1-2-3-4-5-6-7-8-9-10-11-12-13-14-15-16-17-18-19-20-24-25(21,22)23;/h9-10H,2-8,11-20H2,1H3,(H,21,22,23);1H3/b10-9-;. The van der Waals surface area contributed by atoms with Crippen LogP contribution < -0.4 is 6.15 Å². The number of hydrogen-bond acceptors (Lipinski definition) is 4. The van der Waals surface area contributed by atoms with E-state index >= 15 is 0 Å². The summed E-state index contributed by atoms with van der Waals surface area (Å²) in [5, 5.41) is 0. The van der Waals surface area contributed by atoms with E-state index in [0.717, 1.165) is 12.8 Å². The number of rotatable bonds is 19. The summed E-state index contributed by atoms with van der Waals surface area (Å²) in [6.45, 7) is 2.28. The zero-order valence-electron chi connectivity index (χ0n) is 17.2. The van der Waals surface area contributed by atoms with Crippen LogP contribution >= 0.6 is 0 Å². The molecule has 0 saturated heterocycles. The second kappa shape index (κ2) is 20.9. The zero-order chi connectivity index (χ0) is 18.6. The Labute approximate surface area is 162 Å².